The summed E-state index contributed by atoms with van der Waals surface area (Å²) < 4.78 is 36.2. The smallest absolute Gasteiger partial charge is 0.248 e. The highest BCUT2D eigenvalue weighted by Gasteiger charge is 2.35. The van der Waals surface area contributed by atoms with Crippen molar-refractivity contribution in [3.8, 4) is 11.6 Å². The first-order valence-electron chi connectivity index (χ1n) is 10.0. The summed E-state index contributed by atoms with van der Waals surface area (Å²) in [7, 11) is 0. The molecule has 0 bridgehead atoms. The molecular weight excluding hydrogens is 392 g/mol. The van der Waals surface area contributed by atoms with Crippen molar-refractivity contribution in [2.75, 3.05) is 11.9 Å². The highest BCUT2D eigenvalue weighted by Crippen LogP contribution is 2.34. The minimum atomic E-state index is -2.56. The summed E-state index contributed by atoms with van der Waals surface area (Å²) in [4.78, 5) is 4.61. The fraction of sp³-hybridized carbons (Fsp3) is 0.500. The van der Waals surface area contributed by atoms with Gasteiger partial charge >= 0.3 is 0 Å². The van der Waals surface area contributed by atoms with Crippen molar-refractivity contribution in [2.45, 2.75) is 58.0 Å². The van der Waals surface area contributed by atoms with E-state index in [0.29, 0.717) is 43.4 Å². The van der Waals surface area contributed by atoms with Crippen molar-refractivity contribution in [2.24, 2.45) is 0 Å². The maximum atomic E-state index is 13.5. The number of rotatable bonds is 7. The Hall–Kier alpha value is -3.04. The molecule has 1 N–H and O–H groups in total. The quantitative estimate of drug-likeness (QED) is 0.633. The van der Waals surface area contributed by atoms with Gasteiger partial charge in [-0.15, -0.1) is 5.10 Å². The average molecular weight is 417 g/mol. The van der Waals surface area contributed by atoms with Crippen LogP contribution in [0.1, 0.15) is 37.1 Å². The molecule has 0 radical (unpaired) electrons. The van der Waals surface area contributed by atoms with Gasteiger partial charge in [0.15, 0.2) is 5.82 Å². The molecule has 160 valence electrons. The van der Waals surface area contributed by atoms with Crippen molar-refractivity contribution in [3.63, 3.8) is 0 Å². The lowest BCUT2D eigenvalue weighted by Gasteiger charge is -2.29. The van der Waals surface area contributed by atoms with Crippen molar-refractivity contribution in [3.05, 3.63) is 42.0 Å². The van der Waals surface area contributed by atoms with Gasteiger partial charge in [0.25, 0.3) is 0 Å². The number of pyridine rings is 1. The zero-order valence-electron chi connectivity index (χ0n) is 17.1. The number of aryl methyl sites for hydroxylation is 2. The highest BCUT2D eigenvalue weighted by atomic mass is 19.3. The first kappa shape index (κ1) is 20.2. The van der Waals surface area contributed by atoms with Gasteiger partial charge in [0.2, 0.25) is 5.92 Å². The number of alkyl halides is 2. The molecule has 0 aliphatic heterocycles. The molecule has 4 rings (SSSR count). The van der Waals surface area contributed by atoms with Crippen LogP contribution in [-0.2, 0) is 6.54 Å². The lowest BCUT2D eigenvalue weighted by molar-refractivity contribution is -0.0361. The van der Waals surface area contributed by atoms with E-state index in [9.17, 15) is 8.78 Å². The van der Waals surface area contributed by atoms with Crippen LogP contribution in [-0.4, -0.2) is 48.3 Å². The van der Waals surface area contributed by atoms with Gasteiger partial charge in [-0.05, 0) is 32.8 Å². The van der Waals surface area contributed by atoms with Crippen molar-refractivity contribution in [1.29, 1.82) is 0 Å². The Bertz CT molecular complexity index is 991. The third-order valence-electron chi connectivity index (χ3n) is 5.05. The van der Waals surface area contributed by atoms with E-state index in [1.165, 1.54) is 0 Å². The molecule has 0 saturated heterocycles. The van der Waals surface area contributed by atoms with Crippen LogP contribution in [0.3, 0.4) is 0 Å². The Morgan fingerprint density at radius 3 is 2.67 bits per heavy atom. The molecule has 3 aromatic heterocycles. The maximum absolute atomic E-state index is 13.5. The molecule has 1 aliphatic rings. The molecule has 10 heteroatoms. The number of nitrogens with one attached hydrogen (secondary N) is 1. The summed E-state index contributed by atoms with van der Waals surface area (Å²) in [5, 5.41) is 15.7. The van der Waals surface area contributed by atoms with Crippen LogP contribution >= 0.6 is 0 Å². The molecule has 30 heavy (non-hydrogen) atoms. The van der Waals surface area contributed by atoms with Gasteiger partial charge in [-0.25, -0.2) is 23.1 Å². The normalized spacial score (nSPS) is 16.5. The van der Waals surface area contributed by atoms with E-state index >= 15 is 0 Å². The molecule has 8 nitrogen and oxygen atoms in total. The number of halogens is 2. The summed E-state index contributed by atoms with van der Waals surface area (Å²) in [6.07, 6.45) is 4.26. The van der Waals surface area contributed by atoms with E-state index in [2.05, 4.69) is 25.7 Å². The molecule has 3 aromatic rings. The topological polar surface area (TPSA) is 82.7 Å². The van der Waals surface area contributed by atoms with E-state index in [4.69, 9.17) is 4.74 Å². The predicted octanol–water partition coefficient (Wildman–Crippen LogP) is 3.54. The van der Waals surface area contributed by atoms with E-state index in [0.717, 1.165) is 11.4 Å². The van der Waals surface area contributed by atoms with Crippen LogP contribution in [0.2, 0.25) is 0 Å². The number of ether oxygens (including phenoxy) is 1. The molecular formula is C20H25F2N7O. The summed E-state index contributed by atoms with van der Waals surface area (Å²) in [6, 6.07) is 5.44. The second-order valence-electron chi connectivity index (χ2n) is 7.69. The fourth-order valence-corrected chi connectivity index (χ4v) is 3.46. The van der Waals surface area contributed by atoms with Crippen LogP contribution in [0.25, 0.3) is 5.82 Å². The second-order valence-corrected chi connectivity index (χ2v) is 7.69. The second kappa shape index (κ2) is 8.37. The average Bonchev–Trinajstić information content (AvgIpc) is 3.32. The Kier molecular flexibility index (Phi) is 5.65. The minimum Gasteiger partial charge on any atom is -0.491 e. The zero-order valence-corrected chi connectivity index (χ0v) is 17.1. The summed E-state index contributed by atoms with van der Waals surface area (Å²) >= 11 is 0. The maximum Gasteiger partial charge on any atom is 0.248 e. The van der Waals surface area contributed by atoms with Gasteiger partial charge in [0.1, 0.15) is 18.2 Å². The molecule has 0 unspecified atom stereocenters. The summed E-state index contributed by atoms with van der Waals surface area (Å²) in [5.74, 6) is -0.759. The molecule has 0 atom stereocenters. The van der Waals surface area contributed by atoms with E-state index in [1.807, 2.05) is 32.3 Å². The van der Waals surface area contributed by atoms with Gasteiger partial charge in [-0.3, -0.25) is 0 Å². The lowest BCUT2D eigenvalue weighted by Crippen LogP contribution is -2.32. The lowest BCUT2D eigenvalue weighted by atomic mass is 9.92. The summed E-state index contributed by atoms with van der Waals surface area (Å²) in [5.41, 5.74) is 1.72. The fourth-order valence-electron chi connectivity index (χ4n) is 3.46. The molecule has 0 amide bonds. The van der Waals surface area contributed by atoms with Gasteiger partial charge < -0.3 is 10.1 Å². The van der Waals surface area contributed by atoms with Crippen LogP contribution in [0, 0.1) is 13.8 Å². The molecule has 3 heterocycles. The van der Waals surface area contributed by atoms with E-state index in [-0.39, 0.29) is 18.9 Å². The molecule has 1 saturated carbocycles. The SMILES string of the molecule is Cc1cn(CCOc2cc(NC3CCC(F)(F)CC3)nc(-n3ccc(C)n3)c2)nn1. The van der Waals surface area contributed by atoms with Crippen molar-refractivity contribution >= 4 is 5.82 Å². The van der Waals surface area contributed by atoms with Crippen LogP contribution in [0.4, 0.5) is 14.6 Å². The number of nitrogens with zero attached hydrogens (tertiary/aromatic N) is 6. The molecule has 1 fully saturated rings. The molecule has 0 aromatic carbocycles. The molecule has 0 spiro atoms. The number of anilines is 1. The Balaban J connectivity index is 1.49. The van der Waals surface area contributed by atoms with Gasteiger partial charge in [-0.2, -0.15) is 5.10 Å². The summed E-state index contributed by atoms with van der Waals surface area (Å²) in [6.45, 7) is 4.74. The third kappa shape index (κ3) is 5.11. The third-order valence-corrected chi connectivity index (χ3v) is 5.05. The Labute approximate surface area is 173 Å². The standard InChI is InChI=1S/C20H25F2N7O/c1-14-5-8-29(26-14)19-12-17(30-10-9-28-13-15(2)25-27-28)11-18(24-19)23-16-3-6-20(21,22)7-4-16/h5,8,11-13,16H,3-4,6-7,9-10H2,1-2H3,(H,23,24). The number of hydrogen-bond acceptors (Lipinski definition) is 6. The largest absolute Gasteiger partial charge is 0.491 e. The number of hydrogen-bond donors (Lipinski definition) is 1. The van der Waals surface area contributed by atoms with E-state index < -0.39 is 5.92 Å². The minimum absolute atomic E-state index is 0.0438. The van der Waals surface area contributed by atoms with Gasteiger partial charge in [0, 0.05) is 43.4 Å². The number of aromatic nitrogens is 6. The van der Waals surface area contributed by atoms with Gasteiger partial charge in [-0.1, -0.05) is 5.21 Å². The van der Waals surface area contributed by atoms with Crippen LogP contribution in [0.5, 0.6) is 5.75 Å². The monoisotopic (exact) mass is 417 g/mol. The first-order valence-corrected chi connectivity index (χ1v) is 10.0. The van der Waals surface area contributed by atoms with E-state index in [1.54, 1.807) is 21.5 Å². The highest BCUT2D eigenvalue weighted by molar-refractivity contribution is 5.47. The van der Waals surface area contributed by atoms with Crippen LogP contribution in [0.15, 0.2) is 30.6 Å². The Morgan fingerprint density at radius 1 is 1.20 bits per heavy atom. The molecule has 1 aliphatic carbocycles. The van der Waals surface area contributed by atoms with Crippen molar-refractivity contribution in [1.82, 2.24) is 29.8 Å². The van der Waals surface area contributed by atoms with Crippen LogP contribution < -0.4 is 10.1 Å². The zero-order chi connectivity index (χ0) is 21.1. The Morgan fingerprint density at radius 2 is 2.00 bits per heavy atom. The first-order chi connectivity index (χ1) is 14.4. The van der Waals surface area contributed by atoms with Gasteiger partial charge in [0.05, 0.1) is 17.9 Å². The predicted molar refractivity (Wildman–Crippen MR) is 107 cm³/mol. The van der Waals surface area contributed by atoms with Crippen molar-refractivity contribution < 1.29 is 13.5 Å².